The molecule has 5 rings (SSSR count). The van der Waals surface area contributed by atoms with Crippen molar-refractivity contribution in [2.45, 2.75) is 38.8 Å². The molecule has 31 heavy (non-hydrogen) atoms. The molecular formula is C25H28N2O4. The molecule has 0 amide bonds. The summed E-state index contributed by atoms with van der Waals surface area (Å²) in [6.07, 6.45) is 4.46. The minimum Gasteiger partial charge on any atom is -0.872 e. The van der Waals surface area contributed by atoms with Crippen molar-refractivity contribution in [2.24, 2.45) is 0 Å². The minimum atomic E-state index is -0.307. The lowest BCUT2D eigenvalue weighted by atomic mass is 10.0. The number of phenolic OH excluding ortho intramolecular Hbond substituents is 1. The lowest BCUT2D eigenvalue weighted by Gasteiger charge is -2.26. The van der Waals surface area contributed by atoms with Crippen LogP contribution in [0.25, 0.3) is 22.3 Å². The van der Waals surface area contributed by atoms with E-state index in [1.165, 1.54) is 11.0 Å². The normalized spacial score (nSPS) is 17.7. The van der Waals surface area contributed by atoms with Crippen LogP contribution < -0.4 is 15.4 Å². The summed E-state index contributed by atoms with van der Waals surface area (Å²) in [7, 11) is 0. The van der Waals surface area contributed by atoms with Crippen LogP contribution in [0.5, 0.6) is 11.5 Å². The van der Waals surface area contributed by atoms with Crippen LogP contribution in [0.3, 0.4) is 0 Å². The Morgan fingerprint density at radius 2 is 1.74 bits per heavy atom. The van der Waals surface area contributed by atoms with E-state index in [2.05, 4.69) is 4.90 Å². The van der Waals surface area contributed by atoms with E-state index in [4.69, 9.17) is 4.42 Å². The van der Waals surface area contributed by atoms with Crippen molar-refractivity contribution in [3.05, 3.63) is 57.7 Å². The standard InChI is InChI=1S/C25H28N2O4/c28-20-14-21(17-8-2-1-3-9-17)31-25-19(16-27-12-6-7-13-27)23(29)18(24(30)22(20)25)15-26-10-4-5-11-26/h1-3,8-9,14,29-30H,4-7,10-13,15-16H2. The number of hydrogen-bond donors (Lipinski definition) is 2. The van der Waals surface area contributed by atoms with Gasteiger partial charge in [0.1, 0.15) is 23.4 Å². The minimum absolute atomic E-state index is 0.141. The van der Waals surface area contributed by atoms with Crippen LogP contribution in [-0.2, 0) is 13.1 Å². The molecule has 0 atom stereocenters. The van der Waals surface area contributed by atoms with E-state index >= 15 is 0 Å². The van der Waals surface area contributed by atoms with Gasteiger partial charge in [0.15, 0.2) is 11.0 Å². The maximum atomic E-state index is 13.6. The van der Waals surface area contributed by atoms with Gasteiger partial charge in [-0.15, -0.1) is 0 Å². The van der Waals surface area contributed by atoms with Gasteiger partial charge < -0.3 is 19.5 Å². The molecule has 2 aliphatic rings. The first kappa shape index (κ1) is 20.1. The Hall–Kier alpha value is -2.83. The highest BCUT2D eigenvalue weighted by Crippen LogP contribution is 2.39. The second-order valence-electron chi connectivity index (χ2n) is 8.80. The van der Waals surface area contributed by atoms with Crippen molar-refractivity contribution in [1.82, 2.24) is 4.90 Å². The van der Waals surface area contributed by atoms with Gasteiger partial charge in [-0.25, -0.2) is 0 Å². The second-order valence-corrected chi connectivity index (χ2v) is 8.80. The first-order chi connectivity index (χ1) is 15.1. The summed E-state index contributed by atoms with van der Waals surface area (Å²) in [5.74, 6) is 0.0342. The van der Waals surface area contributed by atoms with Crippen LogP contribution in [-0.4, -0.2) is 36.2 Å². The highest BCUT2D eigenvalue weighted by atomic mass is 16.3. The fourth-order valence-corrected chi connectivity index (χ4v) is 4.99. The Balaban J connectivity index is 1.70. The summed E-state index contributed by atoms with van der Waals surface area (Å²) in [5, 5.41) is 24.7. The number of aromatic hydroxyl groups is 1. The Labute approximate surface area is 181 Å². The molecule has 1 aromatic heterocycles. The average Bonchev–Trinajstić information content (AvgIpc) is 3.48. The van der Waals surface area contributed by atoms with Gasteiger partial charge in [-0.2, -0.15) is 0 Å². The summed E-state index contributed by atoms with van der Waals surface area (Å²) in [5.41, 5.74) is 1.57. The van der Waals surface area contributed by atoms with Crippen LogP contribution >= 0.6 is 0 Å². The number of benzene rings is 2. The first-order valence-corrected chi connectivity index (χ1v) is 11.2. The number of fused-ring (bicyclic) bond motifs is 1. The number of rotatable bonds is 5. The molecule has 2 aliphatic heterocycles. The van der Waals surface area contributed by atoms with E-state index in [0.717, 1.165) is 57.4 Å². The van der Waals surface area contributed by atoms with Gasteiger partial charge in [0.2, 0.25) is 0 Å². The van der Waals surface area contributed by atoms with Gasteiger partial charge in [-0.1, -0.05) is 36.1 Å². The number of hydrogen-bond acceptors (Lipinski definition) is 5. The number of nitrogens with zero attached hydrogens (tertiary/aromatic N) is 1. The van der Waals surface area contributed by atoms with Crippen LogP contribution in [0.4, 0.5) is 0 Å². The Morgan fingerprint density at radius 1 is 1.03 bits per heavy atom. The van der Waals surface area contributed by atoms with Crippen LogP contribution in [0.15, 0.2) is 45.6 Å². The summed E-state index contributed by atoms with van der Waals surface area (Å²) < 4.78 is 6.17. The Bertz CT molecular complexity index is 1140. The van der Waals surface area contributed by atoms with Crippen molar-refractivity contribution in [3.63, 3.8) is 0 Å². The van der Waals surface area contributed by atoms with E-state index in [1.54, 1.807) is 0 Å². The third kappa shape index (κ3) is 3.82. The predicted octanol–water partition coefficient (Wildman–Crippen LogP) is 2.01. The summed E-state index contributed by atoms with van der Waals surface area (Å²) in [6.45, 7) is 4.72. The molecule has 2 aromatic carbocycles. The average molecular weight is 421 g/mol. The monoisotopic (exact) mass is 420 g/mol. The lowest BCUT2D eigenvalue weighted by Crippen LogP contribution is -3.08. The maximum Gasteiger partial charge on any atom is 0.197 e. The smallest absolute Gasteiger partial charge is 0.197 e. The summed E-state index contributed by atoms with van der Waals surface area (Å²) >= 11 is 0. The molecule has 6 nitrogen and oxygen atoms in total. The van der Waals surface area contributed by atoms with Crippen molar-refractivity contribution in [1.29, 1.82) is 0 Å². The molecule has 2 fully saturated rings. The van der Waals surface area contributed by atoms with Gasteiger partial charge in [0, 0.05) is 42.1 Å². The first-order valence-electron chi connectivity index (χ1n) is 11.2. The van der Waals surface area contributed by atoms with E-state index in [-0.39, 0.29) is 27.9 Å². The molecule has 2 N–H and O–H groups in total. The molecule has 162 valence electrons. The van der Waals surface area contributed by atoms with Crippen molar-refractivity contribution < 1.29 is 19.5 Å². The Morgan fingerprint density at radius 3 is 2.45 bits per heavy atom. The Kier molecular flexibility index (Phi) is 5.42. The highest BCUT2D eigenvalue weighted by molar-refractivity contribution is 5.90. The molecule has 0 spiro atoms. The van der Waals surface area contributed by atoms with Gasteiger partial charge in [-0.3, -0.25) is 9.69 Å². The molecule has 0 bridgehead atoms. The van der Waals surface area contributed by atoms with Crippen molar-refractivity contribution in [3.8, 4) is 22.8 Å². The zero-order chi connectivity index (χ0) is 21.4. The maximum absolute atomic E-state index is 13.6. The van der Waals surface area contributed by atoms with Crippen LogP contribution in [0, 0.1) is 0 Å². The SMILES string of the molecule is O=c1cc(-c2ccccc2)oc2c(C[NH+]3CCCC3)c([O-])c(CN3CCCC3)c(O)c12. The van der Waals surface area contributed by atoms with Gasteiger partial charge in [0.25, 0.3) is 0 Å². The number of likely N-dealkylation sites (tertiary alicyclic amines) is 2. The molecule has 0 saturated carbocycles. The van der Waals surface area contributed by atoms with E-state index in [1.807, 2.05) is 30.3 Å². The van der Waals surface area contributed by atoms with E-state index < -0.39 is 0 Å². The second kappa shape index (κ2) is 8.36. The van der Waals surface area contributed by atoms with Crippen molar-refractivity contribution >= 4 is 11.0 Å². The molecule has 0 radical (unpaired) electrons. The zero-order valence-corrected chi connectivity index (χ0v) is 17.7. The predicted molar refractivity (Wildman–Crippen MR) is 117 cm³/mol. The van der Waals surface area contributed by atoms with Gasteiger partial charge >= 0.3 is 0 Å². The van der Waals surface area contributed by atoms with Crippen molar-refractivity contribution in [2.75, 3.05) is 26.2 Å². The number of nitrogens with one attached hydrogen (secondary N) is 1. The lowest BCUT2D eigenvalue weighted by molar-refractivity contribution is -0.901. The van der Waals surface area contributed by atoms with E-state index in [9.17, 15) is 15.0 Å². The van der Waals surface area contributed by atoms with Gasteiger partial charge in [-0.05, 0) is 25.9 Å². The molecule has 0 unspecified atom stereocenters. The third-order valence-corrected chi connectivity index (χ3v) is 6.67. The summed E-state index contributed by atoms with van der Waals surface area (Å²) in [4.78, 5) is 16.6. The van der Waals surface area contributed by atoms with Crippen LogP contribution in [0.1, 0.15) is 36.8 Å². The molecular weight excluding hydrogens is 392 g/mol. The summed E-state index contributed by atoms with van der Waals surface area (Å²) in [6, 6.07) is 10.8. The largest absolute Gasteiger partial charge is 0.872 e. The van der Waals surface area contributed by atoms with Crippen LogP contribution in [0.2, 0.25) is 0 Å². The molecule has 2 saturated heterocycles. The zero-order valence-electron chi connectivity index (χ0n) is 17.7. The molecule has 6 heteroatoms. The topological polar surface area (TPSA) is 81.2 Å². The molecule has 3 aromatic rings. The third-order valence-electron chi connectivity index (χ3n) is 6.67. The number of phenols is 1. The molecule has 3 heterocycles. The number of quaternary nitrogens is 1. The fraction of sp³-hybridized carbons (Fsp3) is 0.400. The highest BCUT2D eigenvalue weighted by Gasteiger charge is 2.25. The van der Waals surface area contributed by atoms with Gasteiger partial charge in [0.05, 0.1) is 13.1 Å². The molecule has 0 aliphatic carbocycles. The quantitative estimate of drug-likeness (QED) is 0.660. The van der Waals surface area contributed by atoms with E-state index in [0.29, 0.717) is 30.0 Å². The fourth-order valence-electron chi connectivity index (χ4n) is 4.99.